The summed E-state index contributed by atoms with van der Waals surface area (Å²) in [4.78, 5) is 46.5. The molecule has 0 amide bonds. The normalized spacial score (nSPS) is 26.4. The van der Waals surface area contributed by atoms with E-state index in [1.807, 2.05) is 0 Å². The van der Waals surface area contributed by atoms with Crippen LogP contribution in [0.25, 0.3) is 0 Å². The maximum absolute atomic E-state index is 11.8. The molecule has 1 saturated heterocycles. The molecule has 5 atom stereocenters. The summed E-state index contributed by atoms with van der Waals surface area (Å²) in [5, 5.41) is 0. The molecule has 0 aromatic rings. The van der Waals surface area contributed by atoms with Crippen molar-refractivity contribution in [3.8, 4) is 0 Å². The molecular weight excluding hydrogens is 432 g/mol. The van der Waals surface area contributed by atoms with E-state index in [0.29, 0.717) is 0 Å². The maximum atomic E-state index is 11.8. The van der Waals surface area contributed by atoms with Crippen molar-refractivity contribution in [2.45, 2.75) is 83.2 Å². The first kappa shape index (κ1) is 26.4. The zero-order valence-corrected chi connectivity index (χ0v) is 20.4. The summed E-state index contributed by atoms with van der Waals surface area (Å²) in [6.45, 7) is 11.4. The van der Waals surface area contributed by atoms with Gasteiger partial charge in [0.1, 0.15) is 18.1 Å². The standard InChI is InChI=1S/C19H32O9SSi/c1-11(20)24-10-15-16(25-12(2)21)17(26-13(3)22)18(27-14(4)23)19(28-15)29-8-9-30(5,6)7/h15-19H,8-10H2,1-7H3/t15-,16-,17+,18-,19+/m1/s1. The first-order valence-corrected chi connectivity index (χ1v) is 14.5. The molecule has 0 radical (unpaired) electrons. The van der Waals surface area contributed by atoms with Gasteiger partial charge in [0.25, 0.3) is 0 Å². The Morgan fingerprint density at radius 2 is 1.30 bits per heavy atom. The van der Waals surface area contributed by atoms with Gasteiger partial charge in [-0.2, -0.15) is 0 Å². The minimum Gasteiger partial charge on any atom is -0.463 e. The summed E-state index contributed by atoms with van der Waals surface area (Å²) in [6, 6.07) is 0.991. The van der Waals surface area contributed by atoms with Crippen LogP contribution in [0.5, 0.6) is 0 Å². The van der Waals surface area contributed by atoms with Crippen LogP contribution in [-0.4, -0.2) is 74.2 Å². The molecule has 172 valence electrons. The molecule has 0 N–H and O–H groups in total. The van der Waals surface area contributed by atoms with Crippen LogP contribution in [0.2, 0.25) is 25.7 Å². The van der Waals surface area contributed by atoms with Crippen molar-refractivity contribution in [1.82, 2.24) is 0 Å². The van der Waals surface area contributed by atoms with Gasteiger partial charge in [0.05, 0.1) is 0 Å². The molecule has 1 aliphatic heterocycles. The monoisotopic (exact) mass is 464 g/mol. The molecule has 1 fully saturated rings. The van der Waals surface area contributed by atoms with Gasteiger partial charge in [0, 0.05) is 35.8 Å². The van der Waals surface area contributed by atoms with Crippen molar-refractivity contribution in [3.63, 3.8) is 0 Å². The minimum absolute atomic E-state index is 0.205. The smallest absolute Gasteiger partial charge is 0.303 e. The molecule has 1 heterocycles. The summed E-state index contributed by atoms with van der Waals surface area (Å²) in [5.41, 5.74) is -0.693. The Morgan fingerprint density at radius 1 is 0.800 bits per heavy atom. The highest BCUT2D eigenvalue weighted by atomic mass is 32.2. The number of carbonyl (C=O) groups excluding carboxylic acids is 4. The van der Waals surface area contributed by atoms with Gasteiger partial charge in [-0.3, -0.25) is 19.2 Å². The molecule has 9 nitrogen and oxygen atoms in total. The quantitative estimate of drug-likeness (QED) is 0.285. The van der Waals surface area contributed by atoms with Crippen molar-refractivity contribution >= 4 is 43.7 Å². The van der Waals surface area contributed by atoms with E-state index in [1.165, 1.54) is 39.5 Å². The Hall–Kier alpha value is -1.59. The molecular formula is C19H32O9SSi. The van der Waals surface area contributed by atoms with Crippen molar-refractivity contribution in [2.24, 2.45) is 0 Å². The third-order valence-electron chi connectivity index (χ3n) is 4.08. The highest BCUT2D eigenvalue weighted by Gasteiger charge is 2.52. The Morgan fingerprint density at radius 3 is 1.77 bits per heavy atom. The summed E-state index contributed by atoms with van der Waals surface area (Å²) in [6.07, 6.45) is -4.09. The number of esters is 4. The summed E-state index contributed by atoms with van der Waals surface area (Å²) >= 11 is 1.43. The van der Waals surface area contributed by atoms with Gasteiger partial charge in [0.15, 0.2) is 18.3 Å². The molecule has 0 spiro atoms. The number of hydrogen-bond acceptors (Lipinski definition) is 10. The number of rotatable bonds is 9. The number of thioether (sulfide) groups is 1. The molecule has 0 aromatic heterocycles. The van der Waals surface area contributed by atoms with Crippen LogP contribution >= 0.6 is 11.8 Å². The average molecular weight is 465 g/mol. The molecule has 0 aromatic carbocycles. The van der Waals surface area contributed by atoms with Gasteiger partial charge in [0.2, 0.25) is 0 Å². The van der Waals surface area contributed by atoms with Crippen LogP contribution < -0.4 is 0 Å². The first-order valence-electron chi connectivity index (χ1n) is 9.72. The Bertz CT molecular complexity index is 634. The lowest BCUT2D eigenvalue weighted by Gasteiger charge is -2.44. The van der Waals surface area contributed by atoms with Gasteiger partial charge >= 0.3 is 23.9 Å². The molecule has 0 unspecified atom stereocenters. The molecule has 11 heteroatoms. The molecule has 0 aliphatic carbocycles. The van der Waals surface area contributed by atoms with Crippen LogP contribution in [0.3, 0.4) is 0 Å². The first-order chi connectivity index (χ1) is 13.8. The summed E-state index contributed by atoms with van der Waals surface area (Å²) < 4.78 is 27.3. The van der Waals surface area contributed by atoms with Crippen molar-refractivity contribution in [3.05, 3.63) is 0 Å². The molecule has 1 rings (SSSR count). The molecule has 0 bridgehead atoms. The average Bonchev–Trinajstić information content (AvgIpc) is 2.55. The van der Waals surface area contributed by atoms with E-state index in [4.69, 9.17) is 23.7 Å². The van der Waals surface area contributed by atoms with Crippen molar-refractivity contribution < 1.29 is 42.9 Å². The highest BCUT2D eigenvalue weighted by Crippen LogP contribution is 2.35. The predicted octanol–water partition coefficient (Wildman–Crippen LogP) is 2.14. The lowest BCUT2D eigenvalue weighted by molar-refractivity contribution is -0.237. The fourth-order valence-electron chi connectivity index (χ4n) is 2.80. The third kappa shape index (κ3) is 9.48. The van der Waals surface area contributed by atoms with Crippen molar-refractivity contribution in [2.75, 3.05) is 12.4 Å². The second-order valence-corrected chi connectivity index (χ2v) is 15.1. The minimum atomic E-state index is -1.33. The van der Waals surface area contributed by atoms with E-state index >= 15 is 0 Å². The van der Waals surface area contributed by atoms with E-state index < -0.39 is 61.8 Å². The van der Waals surface area contributed by atoms with Gasteiger partial charge in [-0.15, -0.1) is 11.8 Å². The number of hydrogen-bond donors (Lipinski definition) is 0. The van der Waals surface area contributed by atoms with Gasteiger partial charge in [-0.25, -0.2) is 0 Å². The SMILES string of the molecule is CC(=O)OC[C@H]1O[C@@H](SCC[Si](C)(C)C)[C@H](OC(C)=O)[C@@H](OC(C)=O)[C@@H]1OC(C)=O. The van der Waals surface area contributed by atoms with Gasteiger partial charge in [-0.05, 0) is 11.8 Å². The Labute approximate surface area is 182 Å². The van der Waals surface area contributed by atoms with Crippen LogP contribution in [-0.2, 0) is 42.9 Å². The third-order valence-corrected chi connectivity index (χ3v) is 7.34. The lowest BCUT2D eigenvalue weighted by atomic mass is 9.99. The van der Waals surface area contributed by atoms with E-state index in [2.05, 4.69) is 19.6 Å². The number of carbonyl (C=O) groups is 4. The van der Waals surface area contributed by atoms with Crippen molar-refractivity contribution in [1.29, 1.82) is 0 Å². The molecule has 0 saturated carbocycles. The van der Waals surface area contributed by atoms with Crippen LogP contribution in [0.4, 0.5) is 0 Å². The predicted molar refractivity (Wildman–Crippen MR) is 113 cm³/mol. The Kier molecular flexibility index (Phi) is 10.3. The lowest BCUT2D eigenvalue weighted by Crippen LogP contribution is -2.61. The van der Waals surface area contributed by atoms with E-state index in [-0.39, 0.29) is 6.61 Å². The fourth-order valence-corrected chi connectivity index (χ4v) is 6.58. The Balaban J connectivity index is 3.22. The zero-order valence-electron chi connectivity index (χ0n) is 18.6. The van der Waals surface area contributed by atoms with Gasteiger partial charge in [-0.1, -0.05) is 19.6 Å². The second-order valence-electron chi connectivity index (χ2n) is 8.25. The molecule has 30 heavy (non-hydrogen) atoms. The molecule has 1 aliphatic rings. The number of ether oxygens (including phenoxy) is 5. The summed E-state index contributed by atoms with van der Waals surface area (Å²) in [7, 11) is -1.33. The van der Waals surface area contributed by atoms with Crippen LogP contribution in [0.1, 0.15) is 27.7 Å². The topological polar surface area (TPSA) is 114 Å². The van der Waals surface area contributed by atoms with E-state index in [9.17, 15) is 19.2 Å². The highest BCUT2D eigenvalue weighted by molar-refractivity contribution is 7.99. The van der Waals surface area contributed by atoms with Crippen LogP contribution in [0, 0.1) is 0 Å². The van der Waals surface area contributed by atoms with E-state index in [0.717, 1.165) is 11.8 Å². The van der Waals surface area contributed by atoms with Gasteiger partial charge < -0.3 is 23.7 Å². The largest absolute Gasteiger partial charge is 0.463 e. The fraction of sp³-hybridized carbons (Fsp3) is 0.789. The summed E-state index contributed by atoms with van der Waals surface area (Å²) in [5.74, 6) is -1.65. The van der Waals surface area contributed by atoms with E-state index in [1.54, 1.807) is 0 Å². The maximum Gasteiger partial charge on any atom is 0.303 e. The van der Waals surface area contributed by atoms with Crippen LogP contribution in [0.15, 0.2) is 0 Å². The zero-order chi connectivity index (χ0) is 23.1. The second kappa shape index (κ2) is 11.7.